The zero-order chi connectivity index (χ0) is 81.5. The molecular weight excluding hydrogens is 1420 g/mol. The van der Waals surface area contributed by atoms with E-state index >= 15 is 9.59 Å². The van der Waals surface area contributed by atoms with E-state index in [0.29, 0.717) is 83.3 Å². The summed E-state index contributed by atoms with van der Waals surface area (Å²) in [6, 6.07) is -6.87. The zero-order valence-electron chi connectivity index (χ0n) is 68.7. The van der Waals surface area contributed by atoms with Crippen LogP contribution >= 0.6 is 0 Å². The molecule has 16 atom stereocenters. The molecule has 4 aliphatic carbocycles. The number of carbonyl (C=O) groups is 12. The zero-order valence-corrected chi connectivity index (χ0v) is 68.7. The second-order valence-corrected chi connectivity index (χ2v) is 34.1. The van der Waals surface area contributed by atoms with Gasteiger partial charge in [-0.2, -0.15) is 0 Å². The van der Waals surface area contributed by atoms with E-state index in [4.69, 9.17) is 37.1 Å². The van der Waals surface area contributed by atoms with Crippen molar-refractivity contribution in [2.75, 3.05) is 79.7 Å². The molecule has 2 heterocycles. The molecule has 0 aromatic heterocycles. The van der Waals surface area contributed by atoms with Crippen LogP contribution in [0.5, 0.6) is 0 Å². The Balaban J connectivity index is 1.07. The summed E-state index contributed by atoms with van der Waals surface area (Å²) in [6.45, 7) is 17.0. The molecule has 6 fully saturated rings. The van der Waals surface area contributed by atoms with Gasteiger partial charge in [0.25, 0.3) is 0 Å². The smallest absolute Gasteiger partial charge is 0.325 e. The van der Waals surface area contributed by atoms with Crippen LogP contribution in [-0.2, 0) is 71.7 Å². The third kappa shape index (κ3) is 29.0. The van der Waals surface area contributed by atoms with Gasteiger partial charge in [-0.05, 0) is 113 Å². The fraction of sp³-hybridized carbons (Fsp3) is 0.852. The largest absolute Gasteiger partial charge is 0.460 e. The summed E-state index contributed by atoms with van der Waals surface area (Å²) in [6.07, 6.45) is 20.4. The molecule has 11 amide bonds. The van der Waals surface area contributed by atoms with E-state index < -0.39 is 138 Å². The Morgan fingerprint density at radius 2 is 1.08 bits per heavy atom. The summed E-state index contributed by atoms with van der Waals surface area (Å²) in [5.74, 6) is -9.26. The van der Waals surface area contributed by atoms with Gasteiger partial charge in [0, 0.05) is 77.3 Å². The summed E-state index contributed by atoms with van der Waals surface area (Å²) in [5.41, 5.74) is 23.1. The number of rotatable bonds is 49. The number of hydrogen-bond donors (Lipinski definition) is 13. The van der Waals surface area contributed by atoms with Crippen LogP contribution in [0.15, 0.2) is 0 Å². The monoisotopic (exact) mass is 1570 g/mol. The SMILES string of the molecule is CCCCCC[C@H](OC(=O)CNC(=O)[C@@H](C)CNC(=O)C1CC2(CNC2)C1)[C@@H](C)C(=O)N(C)[C@@H](CC(C)CC1NCC1COC[C@H](C)C(=O)N[C@H](C)CO[C@H](CC1CCCCC1)[C@@H](C)C(=O)N(C)[C@@H](CCC)C(=O)N[C@H](C(=O)N[C@@H](CN)C(N)=O)C1CCCCCC1)C(=O)N[C@H](C(=O)N[C@@H](CN)C(N)=O)C1CCCCC1. The van der Waals surface area contributed by atoms with E-state index in [0.717, 1.165) is 122 Å². The molecule has 6 aliphatic rings. The third-order valence-corrected chi connectivity index (χ3v) is 24.8. The highest BCUT2D eigenvalue weighted by atomic mass is 16.5. The molecule has 1 spiro atoms. The molecule has 632 valence electrons. The molecule has 0 radical (unpaired) electrons. The minimum absolute atomic E-state index is 0.0404. The highest BCUT2D eigenvalue weighted by Crippen LogP contribution is 2.48. The topological polar surface area (TPSA) is 451 Å². The second kappa shape index (κ2) is 47.3. The lowest BCUT2D eigenvalue weighted by atomic mass is 9.58. The molecule has 0 aromatic rings. The number of unbranched alkanes of at least 4 members (excludes halogenated alkanes) is 3. The summed E-state index contributed by atoms with van der Waals surface area (Å²) in [4.78, 5) is 169. The average Bonchev–Trinajstić information content (AvgIpc) is 0.815. The van der Waals surface area contributed by atoms with Crippen LogP contribution in [-0.4, -0.2) is 221 Å². The molecule has 0 bridgehead atoms. The Morgan fingerprint density at radius 1 is 0.550 bits per heavy atom. The number of esters is 1. The molecule has 3 unspecified atom stereocenters. The van der Waals surface area contributed by atoms with Crippen LogP contribution in [0.2, 0.25) is 0 Å². The van der Waals surface area contributed by atoms with Crippen LogP contribution in [0.25, 0.3) is 0 Å². The van der Waals surface area contributed by atoms with E-state index in [1.807, 2.05) is 27.7 Å². The van der Waals surface area contributed by atoms with Crippen molar-refractivity contribution in [3.05, 3.63) is 0 Å². The van der Waals surface area contributed by atoms with Crippen LogP contribution in [0.3, 0.4) is 0 Å². The van der Waals surface area contributed by atoms with Gasteiger partial charge in [-0.3, -0.25) is 57.5 Å². The summed E-state index contributed by atoms with van der Waals surface area (Å²) in [5, 5.41) is 26.8. The highest BCUT2D eigenvalue weighted by molar-refractivity contribution is 5.96. The predicted molar refractivity (Wildman–Crippen MR) is 422 cm³/mol. The number of hydrogen-bond acceptors (Lipinski definition) is 19. The van der Waals surface area contributed by atoms with Gasteiger partial charge < -0.3 is 94.8 Å². The lowest BCUT2D eigenvalue weighted by Crippen LogP contribution is -2.62. The first-order valence-electron chi connectivity index (χ1n) is 42.4. The van der Waals surface area contributed by atoms with E-state index in [2.05, 4.69) is 54.8 Å². The summed E-state index contributed by atoms with van der Waals surface area (Å²) in [7, 11) is 3.16. The predicted octanol–water partition coefficient (Wildman–Crippen LogP) is 3.36. The highest BCUT2D eigenvalue weighted by Gasteiger charge is 2.51. The standard InChI is InChI=1S/C81H143N15O15/c1-11-13-14-25-33-65(111-67(97)43-89-72(100)50(4)41-88-74(102)58-37-81(38-58)47-86-48-81)53(7)79(107)96(10)64(76(104)94-69(57-31-23-18-24-32-57)78(106)92-62(40-83)71(85)99)35-49(3)34-60-59(42-87-60)46-109-44-51(5)73(101)90-52(6)45-110-66(36-55-27-19-17-20-28-55)54(8)80(108)95(9)63(26-12-2)75(103)93-68(56-29-21-15-16-22-30-56)77(105)91-61(39-82)70(84)98/h49-66,68-69,86-87H,11-48,82-83H2,1-10H3,(H2,84,98)(H2,85,99)(H,88,102)(H,89,100)(H,90,101)(H,91,105)(H,92,106)(H,93,103)(H,94,104)/t49?,50-,51-,52+,53+,54+,59?,60?,61-,62-,63-,64-,65-,66+,68-,69-/m0/s1. The molecule has 30 nitrogen and oxygen atoms in total. The number of primary amides is 2. The summed E-state index contributed by atoms with van der Waals surface area (Å²) >= 11 is 0. The van der Waals surface area contributed by atoms with E-state index in [-0.39, 0.29) is 98.0 Å². The average molecular weight is 1570 g/mol. The molecule has 17 N–H and O–H groups in total. The Hall–Kier alpha value is -6.60. The Bertz CT molecular complexity index is 2990. The first-order chi connectivity index (χ1) is 52.9. The van der Waals surface area contributed by atoms with Crippen LogP contribution < -0.4 is 70.8 Å². The van der Waals surface area contributed by atoms with Gasteiger partial charge in [0.05, 0.1) is 49.6 Å². The van der Waals surface area contributed by atoms with Crippen molar-refractivity contribution in [1.82, 2.24) is 57.7 Å². The van der Waals surface area contributed by atoms with Gasteiger partial charge in [0.1, 0.15) is 48.9 Å². The van der Waals surface area contributed by atoms with Crippen molar-refractivity contribution in [3.63, 3.8) is 0 Å². The number of likely N-dealkylation sites (N-methyl/N-ethyl adjacent to an activating group) is 2. The fourth-order valence-corrected chi connectivity index (χ4v) is 17.2. The maximum atomic E-state index is 15.1. The Morgan fingerprint density at radius 3 is 1.59 bits per heavy atom. The molecule has 6 rings (SSSR count). The first-order valence-corrected chi connectivity index (χ1v) is 42.4. The number of nitrogens with two attached hydrogens (primary N) is 4. The third-order valence-electron chi connectivity index (χ3n) is 24.8. The van der Waals surface area contributed by atoms with Gasteiger partial charge in [-0.25, -0.2) is 0 Å². The van der Waals surface area contributed by atoms with Gasteiger partial charge >= 0.3 is 5.97 Å². The Labute approximate surface area is 660 Å². The van der Waals surface area contributed by atoms with Gasteiger partial charge in [-0.1, -0.05) is 151 Å². The minimum atomic E-state index is -1.18. The second-order valence-electron chi connectivity index (χ2n) is 34.1. The number of nitrogens with one attached hydrogen (secondary N) is 9. The van der Waals surface area contributed by atoms with Gasteiger partial charge in [-0.15, -0.1) is 0 Å². The van der Waals surface area contributed by atoms with Crippen LogP contribution in [0.4, 0.5) is 0 Å². The minimum Gasteiger partial charge on any atom is -0.460 e. The van der Waals surface area contributed by atoms with Crippen molar-refractivity contribution in [2.45, 2.75) is 296 Å². The molecule has 0 aromatic carbocycles. The lowest BCUT2D eigenvalue weighted by molar-refractivity contribution is -0.158. The van der Waals surface area contributed by atoms with Crippen molar-refractivity contribution >= 4 is 70.9 Å². The number of nitrogens with zero attached hydrogens (tertiary/aromatic N) is 2. The van der Waals surface area contributed by atoms with Crippen LogP contribution in [0.1, 0.15) is 235 Å². The molecule has 4 saturated carbocycles. The quantitative estimate of drug-likeness (QED) is 0.0236. The molecule has 30 heteroatoms. The van der Waals surface area contributed by atoms with Crippen molar-refractivity contribution in [1.29, 1.82) is 0 Å². The molecule has 2 saturated heterocycles. The summed E-state index contributed by atoms with van der Waals surface area (Å²) < 4.78 is 19.0. The van der Waals surface area contributed by atoms with Crippen molar-refractivity contribution < 1.29 is 71.7 Å². The van der Waals surface area contributed by atoms with E-state index in [1.165, 1.54) is 9.80 Å². The van der Waals surface area contributed by atoms with Crippen LogP contribution in [0, 0.1) is 64.6 Å². The fourth-order valence-electron chi connectivity index (χ4n) is 17.2. The Kier molecular flexibility index (Phi) is 39.7. The van der Waals surface area contributed by atoms with E-state index in [9.17, 15) is 47.9 Å². The molecule has 2 aliphatic heterocycles. The lowest BCUT2D eigenvalue weighted by Gasteiger charge is -2.53. The number of amides is 11. The number of carbonyl (C=O) groups excluding carboxylic acids is 12. The maximum absolute atomic E-state index is 15.1. The van der Waals surface area contributed by atoms with E-state index in [1.54, 1.807) is 34.9 Å². The molecule has 111 heavy (non-hydrogen) atoms. The normalized spacial score (nSPS) is 22.0. The number of ether oxygens (including phenoxy) is 3. The van der Waals surface area contributed by atoms with Gasteiger partial charge in [0.15, 0.2) is 0 Å². The molecular formula is C81H143N15O15. The maximum Gasteiger partial charge on any atom is 0.325 e. The van der Waals surface area contributed by atoms with Crippen molar-refractivity contribution in [2.24, 2.45) is 87.5 Å². The van der Waals surface area contributed by atoms with Gasteiger partial charge in [0.2, 0.25) is 65.0 Å². The van der Waals surface area contributed by atoms with Crippen molar-refractivity contribution in [3.8, 4) is 0 Å². The first kappa shape index (κ1) is 93.3.